The van der Waals surface area contributed by atoms with Crippen molar-refractivity contribution in [1.82, 2.24) is 15.2 Å². The summed E-state index contributed by atoms with van der Waals surface area (Å²) in [4.78, 5) is 7.21. The van der Waals surface area contributed by atoms with E-state index in [1.807, 2.05) is 18.3 Å². The zero-order valence-corrected chi connectivity index (χ0v) is 15.3. The first-order valence-corrected chi connectivity index (χ1v) is 8.83. The highest BCUT2D eigenvalue weighted by Crippen LogP contribution is 2.39. The van der Waals surface area contributed by atoms with Gasteiger partial charge in [-0.25, -0.2) is 0 Å². The second kappa shape index (κ2) is 8.32. The van der Waals surface area contributed by atoms with Crippen molar-refractivity contribution in [1.29, 1.82) is 0 Å². The first-order chi connectivity index (χ1) is 12.2. The molecule has 0 amide bonds. The van der Waals surface area contributed by atoms with Crippen molar-refractivity contribution < 1.29 is 9.47 Å². The fourth-order valence-electron chi connectivity index (χ4n) is 3.44. The fourth-order valence-corrected chi connectivity index (χ4v) is 3.44. The molecule has 1 aliphatic rings. The van der Waals surface area contributed by atoms with Gasteiger partial charge < -0.3 is 14.8 Å². The van der Waals surface area contributed by atoms with E-state index in [1.54, 1.807) is 14.2 Å². The molecule has 5 nitrogen and oxygen atoms in total. The van der Waals surface area contributed by atoms with Gasteiger partial charge in [0.2, 0.25) is 0 Å². The molecule has 3 rings (SSSR count). The highest BCUT2D eigenvalue weighted by Gasteiger charge is 2.28. The normalized spacial score (nSPS) is 16.9. The summed E-state index contributed by atoms with van der Waals surface area (Å²) in [6.07, 6.45) is 3.06. The van der Waals surface area contributed by atoms with Crippen molar-refractivity contribution in [2.45, 2.75) is 19.4 Å². The lowest BCUT2D eigenvalue weighted by atomic mass is 9.99. The predicted octanol–water partition coefficient (Wildman–Crippen LogP) is 2.79. The van der Waals surface area contributed by atoms with Crippen LogP contribution in [0.4, 0.5) is 0 Å². The molecule has 1 fully saturated rings. The van der Waals surface area contributed by atoms with Crippen LogP contribution in [0.15, 0.2) is 36.5 Å². The zero-order valence-electron chi connectivity index (χ0n) is 15.3. The first-order valence-electron chi connectivity index (χ1n) is 8.83. The van der Waals surface area contributed by atoms with Crippen LogP contribution in [0.1, 0.15) is 29.3 Å². The number of aryl methyl sites for hydroxylation is 1. The topological polar surface area (TPSA) is 46.6 Å². The van der Waals surface area contributed by atoms with Crippen LogP contribution in [-0.4, -0.2) is 50.3 Å². The molecule has 0 radical (unpaired) electrons. The smallest absolute Gasteiger partial charge is 0.165 e. The van der Waals surface area contributed by atoms with Gasteiger partial charge in [-0.2, -0.15) is 0 Å². The average molecular weight is 341 g/mol. The first kappa shape index (κ1) is 17.7. The van der Waals surface area contributed by atoms with Crippen LogP contribution < -0.4 is 14.8 Å². The Morgan fingerprint density at radius 2 is 1.96 bits per heavy atom. The molecule has 1 unspecified atom stereocenters. The molecule has 1 N–H and O–H groups in total. The number of nitrogens with one attached hydrogen (secondary N) is 1. The van der Waals surface area contributed by atoms with Crippen molar-refractivity contribution in [3.8, 4) is 11.5 Å². The Labute approximate surface area is 150 Å². The standard InChI is InChI=1S/C20H27N3O2/c1-15-8-9-17(22-14-15)19(23-12-5-10-21-11-13-23)16-6-4-7-18(24-2)20(16)25-3/h4,6-9,14,19,21H,5,10-13H2,1-3H3. The fraction of sp³-hybridized carbons (Fsp3) is 0.450. The van der Waals surface area contributed by atoms with Crippen molar-refractivity contribution >= 4 is 0 Å². The largest absolute Gasteiger partial charge is 0.493 e. The molecule has 0 bridgehead atoms. The summed E-state index contributed by atoms with van der Waals surface area (Å²) in [6, 6.07) is 10.4. The second-order valence-electron chi connectivity index (χ2n) is 6.39. The molecule has 0 aliphatic carbocycles. The Bertz CT molecular complexity index is 680. The minimum Gasteiger partial charge on any atom is -0.493 e. The summed E-state index contributed by atoms with van der Waals surface area (Å²) in [5.41, 5.74) is 3.30. The maximum atomic E-state index is 5.72. The maximum Gasteiger partial charge on any atom is 0.165 e. The van der Waals surface area contributed by atoms with E-state index in [2.05, 4.69) is 35.3 Å². The lowest BCUT2D eigenvalue weighted by Gasteiger charge is -2.31. The molecule has 0 spiro atoms. The monoisotopic (exact) mass is 341 g/mol. The van der Waals surface area contributed by atoms with E-state index in [9.17, 15) is 0 Å². The van der Waals surface area contributed by atoms with Gasteiger partial charge in [0, 0.05) is 31.4 Å². The van der Waals surface area contributed by atoms with Gasteiger partial charge >= 0.3 is 0 Å². The van der Waals surface area contributed by atoms with Gasteiger partial charge in [-0.1, -0.05) is 18.2 Å². The molecule has 1 saturated heterocycles. The minimum absolute atomic E-state index is 0.0468. The Morgan fingerprint density at radius 1 is 1.08 bits per heavy atom. The number of pyridine rings is 1. The predicted molar refractivity (Wildman–Crippen MR) is 99.4 cm³/mol. The van der Waals surface area contributed by atoms with Crippen LogP contribution >= 0.6 is 0 Å². The zero-order chi connectivity index (χ0) is 17.6. The summed E-state index contributed by atoms with van der Waals surface area (Å²) in [6.45, 7) is 6.09. The van der Waals surface area contributed by atoms with E-state index in [-0.39, 0.29) is 6.04 Å². The minimum atomic E-state index is 0.0468. The van der Waals surface area contributed by atoms with Crippen molar-refractivity contribution in [3.63, 3.8) is 0 Å². The van der Waals surface area contributed by atoms with Crippen molar-refractivity contribution in [2.24, 2.45) is 0 Å². The summed E-state index contributed by atoms with van der Waals surface area (Å²) in [5, 5.41) is 3.48. The molecule has 25 heavy (non-hydrogen) atoms. The van der Waals surface area contributed by atoms with E-state index >= 15 is 0 Å². The van der Waals surface area contributed by atoms with Crippen LogP contribution in [0.3, 0.4) is 0 Å². The van der Waals surface area contributed by atoms with Crippen LogP contribution in [0.25, 0.3) is 0 Å². The van der Waals surface area contributed by atoms with E-state index in [0.29, 0.717) is 0 Å². The number of ether oxygens (including phenoxy) is 2. The highest BCUT2D eigenvalue weighted by molar-refractivity contribution is 5.50. The Hall–Kier alpha value is -2.11. The summed E-state index contributed by atoms with van der Waals surface area (Å²) in [5.74, 6) is 1.54. The van der Waals surface area contributed by atoms with Crippen LogP contribution in [0.2, 0.25) is 0 Å². The number of hydrogen-bond acceptors (Lipinski definition) is 5. The summed E-state index contributed by atoms with van der Waals surface area (Å²) >= 11 is 0. The van der Waals surface area contributed by atoms with Gasteiger partial charge in [-0.15, -0.1) is 0 Å². The molecule has 1 aromatic heterocycles. The van der Waals surface area contributed by atoms with Gasteiger partial charge in [-0.3, -0.25) is 9.88 Å². The SMILES string of the molecule is COc1cccc(C(c2ccc(C)cn2)N2CCCNCC2)c1OC. The molecule has 1 aromatic carbocycles. The maximum absolute atomic E-state index is 5.72. The van der Waals surface area contributed by atoms with Crippen LogP contribution in [0.5, 0.6) is 11.5 Å². The quantitative estimate of drug-likeness (QED) is 0.906. The third kappa shape index (κ3) is 3.94. The van der Waals surface area contributed by atoms with Crippen LogP contribution in [-0.2, 0) is 0 Å². The number of nitrogens with zero attached hydrogens (tertiary/aromatic N) is 2. The number of para-hydroxylation sites is 1. The lowest BCUT2D eigenvalue weighted by molar-refractivity contribution is 0.231. The lowest BCUT2D eigenvalue weighted by Crippen LogP contribution is -2.33. The second-order valence-corrected chi connectivity index (χ2v) is 6.39. The average Bonchev–Trinajstić information content (AvgIpc) is 2.92. The third-order valence-corrected chi connectivity index (χ3v) is 4.68. The molecular formula is C20H27N3O2. The van der Waals surface area contributed by atoms with E-state index in [0.717, 1.165) is 60.9 Å². The molecule has 2 heterocycles. The van der Waals surface area contributed by atoms with E-state index < -0.39 is 0 Å². The molecule has 5 heteroatoms. The highest BCUT2D eigenvalue weighted by atomic mass is 16.5. The van der Waals surface area contributed by atoms with Crippen molar-refractivity contribution in [3.05, 3.63) is 53.3 Å². The van der Waals surface area contributed by atoms with E-state index in [1.165, 1.54) is 0 Å². The summed E-state index contributed by atoms with van der Waals surface area (Å²) in [7, 11) is 3.38. The molecule has 1 aliphatic heterocycles. The number of methoxy groups -OCH3 is 2. The number of aromatic nitrogens is 1. The Morgan fingerprint density at radius 3 is 2.68 bits per heavy atom. The van der Waals surface area contributed by atoms with Gasteiger partial charge in [0.25, 0.3) is 0 Å². The Kier molecular flexibility index (Phi) is 5.89. The van der Waals surface area contributed by atoms with Crippen molar-refractivity contribution in [2.75, 3.05) is 40.4 Å². The molecule has 0 saturated carbocycles. The molecule has 1 atom stereocenters. The Balaban J connectivity index is 2.09. The van der Waals surface area contributed by atoms with Gasteiger partial charge in [0.1, 0.15) is 0 Å². The summed E-state index contributed by atoms with van der Waals surface area (Å²) < 4.78 is 11.2. The molecule has 2 aromatic rings. The number of hydrogen-bond donors (Lipinski definition) is 1. The van der Waals surface area contributed by atoms with E-state index in [4.69, 9.17) is 14.5 Å². The number of rotatable bonds is 5. The molecule has 134 valence electrons. The van der Waals surface area contributed by atoms with Crippen LogP contribution in [0, 0.1) is 6.92 Å². The molecular weight excluding hydrogens is 314 g/mol. The third-order valence-electron chi connectivity index (χ3n) is 4.68. The van der Waals surface area contributed by atoms with Gasteiger partial charge in [0.05, 0.1) is 26.0 Å². The van der Waals surface area contributed by atoms with Gasteiger partial charge in [0.15, 0.2) is 11.5 Å². The number of benzene rings is 1. The van der Waals surface area contributed by atoms with Gasteiger partial charge in [-0.05, 0) is 37.6 Å².